The zero-order valence-corrected chi connectivity index (χ0v) is 14.4. The highest BCUT2D eigenvalue weighted by molar-refractivity contribution is 7.99. The summed E-state index contributed by atoms with van der Waals surface area (Å²) >= 11 is 1.40. The predicted molar refractivity (Wildman–Crippen MR) is 96.2 cm³/mol. The van der Waals surface area contributed by atoms with Crippen molar-refractivity contribution in [1.82, 2.24) is 9.55 Å². The summed E-state index contributed by atoms with van der Waals surface area (Å²) in [4.78, 5) is 17.6. The maximum absolute atomic E-state index is 13.0. The monoisotopic (exact) mass is 342 g/mol. The predicted octanol–water partition coefficient (Wildman–Crippen LogP) is 3.48. The Labute approximate surface area is 144 Å². The summed E-state index contributed by atoms with van der Waals surface area (Å²) in [6.45, 7) is 2.55. The third kappa shape index (κ3) is 3.29. The fraction of sp³-hybridized carbons (Fsp3) is 0.222. The molecule has 1 heterocycles. The lowest BCUT2D eigenvalue weighted by Gasteiger charge is -2.13. The summed E-state index contributed by atoms with van der Waals surface area (Å²) in [5, 5.41) is 1.20. The van der Waals surface area contributed by atoms with Gasteiger partial charge in [-0.05, 0) is 43.3 Å². The van der Waals surface area contributed by atoms with Crippen LogP contribution in [-0.2, 0) is 4.74 Å². The first kappa shape index (κ1) is 16.5. The molecule has 2 aromatic carbocycles. The Bertz CT molecular complexity index is 891. The van der Waals surface area contributed by atoms with Crippen LogP contribution in [0.4, 0.5) is 0 Å². The topological polar surface area (TPSA) is 53.3 Å². The van der Waals surface area contributed by atoms with Crippen LogP contribution >= 0.6 is 11.8 Å². The summed E-state index contributed by atoms with van der Waals surface area (Å²) in [6, 6.07) is 14.7. The molecule has 0 saturated heterocycles. The first-order valence-corrected chi connectivity index (χ1v) is 8.60. The number of nitrogens with zero attached hydrogens (tertiary/aromatic N) is 2. The van der Waals surface area contributed by atoms with Crippen LogP contribution in [0, 0.1) is 0 Å². The van der Waals surface area contributed by atoms with Crippen LogP contribution in [0.25, 0.3) is 16.6 Å². The van der Waals surface area contributed by atoms with Crippen LogP contribution < -0.4 is 10.3 Å². The van der Waals surface area contributed by atoms with Crippen molar-refractivity contribution in [3.63, 3.8) is 0 Å². The third-order valence-electron chi connectivity index (χ3n) is 3.55. The van der Waals surface area contributed by atoms with Crippen LogP contribution in [0.1, 0.15) is 6.92 Å². The van der Waals surface area contributed by atoms with Gasteiger partial charge in [-0.2, -0.15) is 0 Å². The van der Waals surface area contributed by atoms with Crippen molar-refractivity contribution >= 4 is 22.7 Å². The molecule has 124 valence electrons. The van der Waals surface area contributed by atoms with Crippen molar-refractivity contribution in [2.75, 3.05) is 19.7 Å². The second-order valence-electron chi connectivity index (χ2n) is 5.01. The standard InChI is InChI=1S/C18H18N2O3S/c1-3-23-12-24-18-19-16-7-5-4-6-15(16)17(21)20(18)13-8-10-14(22-2)11-9-13/h4-11H,3,12H2,1-2H3. The molecule has 0 unspecified atom stereocenters. The Morgan fingerprint density at radius 3 is 2.58 bits per heavy atom. The Morgan fingerprint density at radius 1 is 1.12 bits per heavy atom. The van der Waals surface area contributed by atoms with E-state index >= 15 is 0 Å². The van der Waals surface area contributed by atoms with E-state index < -0.39 is 0 Å². The zero-order valence-electron chi connectivity index (χ0n) is 13.6. The van der Waals surface area contributed by atoms with Crippen molar-refractivity contribution in [1.29, 1.82) is 0 Å². The molecule has 6 heteroatoms. The van der Waals surface area contributed by atoms with E-state index in [1.165, 1.54) is 11.8 Å². The molecular weight excluding hydrogens is 324 g/mol. The number of methoxy groups -OCH3 is 1. The smallest absolute Gasteiger partial charge is 0.266 e. The third-order valence-corrected chi connectivity index (χ3v) is 4.37. The molecule has 1 aromatic heterocycles. The van der Waals surface area contributed by atoms with Crippen LogP contribution in [-0.4, -0.2) is 29.2 Å². The van der Waals surface area contributed by atoms with Crippen LogP contribution in [0.3, 0.4) is 0 Å². The quantitative estimate of drug-likeness (QED) is 0.297. The second-order valence-corrected chi connectivity index (χ2v) is 5.89. The van der Waals surface area contributed by atoms with Crippen LogP contribution in [0.5, 0.6) is 5.75 Å². The molecule has 0 bridgehead atoms. The van der Waals surface area contributed by atoms with Gasteiger partial charge in [0.15, 0.2) is 5.16 Å². The van der Waals surface area contributed by atoms with E-state index in [1.54, 1.807) is 17.7 Å². The highest BCUT2D eigenvalue weighted by Crippen LogP contribution is 2.22. The molecule has 0 aliphatic carbocycles. The average molecular weight is 342 g/mol. The molecule has 0 aliphatic rings. The van der Waals surface area contributed by atoms with Gasteiger partial charge in [-0.3, -0.25) is 9.36 Å². The number of para-hydroxylation sites is 1. The Kier molecular flexibility index (Phi) is 5.17. The molecule has 24 heavy (non-hydrogen) atoms. The van der Waals surface area contributed by atoms with Gasteiger partial charge in [0.25, 0.3) is 5.56 Å². The number of fused-ring (bicyclic) bond motifs is 1. The highest BCUT2D eigenvalue weighted by Gasteiger charge is 2.13. The Hall–Kier alpha value is -2.31. The molecule has 3 rings (SSSR count). The van der Waals surface area contributed by atoms with Crippen molar-refractivity contribution in [2.45, 2.75) is 12.1 Å². The molecule has 0 radical (unpaired) electrons. The summed E-state index contributed by atoms with van der Waals surface area (Å²) in [6.07, 6.45) is 0. The van der Waals surface area contributed by atoms with Gasteiger partial charge in [-0.1, -0.05) is 23.9 Å². The lowest BCUT2D eigenvalue weighted by Crippen LogP contribution is -2.21. The van der Waals surface area contributed by atoms with E-state index in [-0.39, 0.29) is 5.56 Å². The van der Waals surface area contributed by atoms with Gasteiger partial charge in [0.1, 0.15) is 5.75 Å². The van der Waals surface area contributed by atoms with Crippen molar-refractivity contribution in [3.8, 4) is 11.4 Å². The first-order chi connectivity index (χ1) is 11.7. The molecule has 0 N–H and O–H groups in total. The minimum Gasteiger partial charge on any atom is -0.497 e. The Balaban J connectivity index is 2.16. The summed E-state index contributed by atoms with van der Waals surface area (Å²) in [5.74, 6) is 1.18. The van der Waals surface area contributed by atoms with Crippen LogP contribution in [0.2, 0.25) is 0 Å². The van der Waals surface area contributed by atoms with Gasteiger partial charge in [-0.15, -0.1) is 0 Å². The number of hydrogen-bond donors (Lipinski definition) is 0. The summed E-state index contributed by atoms with van der Waals surface area (Å²) in [5.41, 5.74) is 1.34. The van der Waals surface area contributed by atoms with Gasteiger partial charge in [0.05, 0.1) is 29.6 Å². The van der Waals surface area contributed by atoms with E-state index in [9.17, 15) is 4.79 Å². The van der Waals surface area contributed by atoms with Crippen LogP contribution in [0.15, 0.2) is 58.5 Å². The molecule has 0 amide bonds. The number of thioether (sulfide) groups is 1. The maximum Gasteiger partial charge on any atom is 0.266 e. The van der Waals surface area contributed by atoms with Gasteiger partial charge in [0.2, 0.25) is 0 Å². The van der Waals surface area contributed by atoms with Crippen molar-refractivity contribution < 1.29 is 9.47 Å². The summed E-state index contributed by atoms with van der Waals surface area (Å²) < 4.78 is 12.2. The number of ether oxygens (including phenoxy) is 2. The largest absolute Gasteiger partial charge is 0.497 e. The molecule has 3 aromatic rings. The first-order valence-electron chi connectivity index (χ1n) is 7.61. The number of benzene rings is 2. The van der Waals surface area contributed by atoms with E-state index in [0.717, 1.165) is 11.4 Å². The molecule has 0 fully saturated rings. The van der Waals surface area contributed by atoms with E-state index in [2.05, 4.69) is 4.98 Å². The Morgan fingerprint density at radius 2 is 1.88 bits per heavy atom. The second kappa shape index (κ2) is 7.51. The molecule has 5 nitrogen and oxygen atoms in total. The fourth-order valence-electron chi connectivity index (χ4n) is 2.35. The summed E-state index contributed by atoms with van der Waals surface area (Å²) in [7, 11) is 1.61. The number of hydrogen-bond acceptors (Lipinski definition) is 5. The minimum atomic E-state index is -0.0928. The van der Waals surface area contributed by atoms with E-state index in [1.807, 2.05) is 49.4 Å². The zero-order chi connectivity index (χ0) is 16.9. The molecule has 0 saturated carbocycles. The van der Waals surface area contributed by atoms with Gasteiger partial charge in [0, 0.05) is 6.61 Å². The fourth-order valence-corrected chi connectivity index (χ4v) is 3.18. The number of aromatic nitrogens is 2. The van der Waals surface area contributed by atoms with Gasteiger partial charge in [-0.25, -0.2) is 4.98 Å². The number of rotatable bonds is 6. The van der Waals surface area contributed by atoms with E-state index in [4.69, 9.17) is 9.47 Å². The molecule has 0 spiro atoms. The van der Waals surface area contributed by atoms with Crippen molar-refractivity contribution in [3.05, 3.63) is 58.9 Å². The van der Waals surface area contributed by atoms with Crippen molar-refractivity contribution in [2.24, 2.45) is 0 Å². The molecular formula is C18H18N2O3S. The van der Waals surface area contributed by atoms with Gasteiger partial charge < -0.3 is 9.47 Å². The lowest BCUT2D eigenvalue weighted by molar-refractivity contribution is 0.199. The normalized spacial score (nSPS) is 10.9. The lowest BCUT2D eigenvalue weighted by atomic mass is 10.2. The molecule has 0 aliphatic heterocycles. The highest BCUT2D eigenvalue weighted by atomic mass is 32.2. The molecule has 0 atom stereocenters. The van der Waals surface area contributed by atoms with E-state index in [0.29, 0.717) is 28.6 Å². The van der Waals surface area contributed by atoms with Gasteiger partial charge >= 0.3 is 0 Å². The minimum absolute atomic E-state index is 0.0928. The SMILES string of the molecule is CCOCSc1nc2ccccc2c(=O)n1-c1ccc(OC)cc1. The average Bonchev–Trinajstić information content (AvgIpc) is 2.62. The maximum atomic E-state index is 13.0.